The highest BCUT2D eigenvalue weighted by molar-refractivity contribution is 6.29. The molecule has 0 saturated carbocycles. The molecule has 0 unspecified atom stereocenters. The minimum atomic E-state index is -0.136. The third kappa shape index (κ3) is 4.69. The fraction of sp³-hybridized carbons (Fsp3) is 0.538. The Morgan fingerprint density at radius 2 is 2.21 bits per heavy atom. The van der Waals surface area contributed by atoms with E-state index >= 15 is 0 Å². The highest BCUT2D eigenvalue weighted by Gasteiger charge is 2.16. The molecule has 6 heteroatoms. The first kappa shape index (κ1) is 15.7. The smallest absolute Gasteiger partial charge is 0.254 e. The van der Waals surface area contributed by atoms with Crippen LogP contribution in [0.4, 0.5) is 5.82 Å². The molecule has 0 bridgehead atoms. The molecule has 0 saturated heterocycles. The number of nitrogens with one attached hydrogen (secondary N) is 1. The van der Waals surface area contributed by atoms with E-state index in [1.54, 1.807) is 24.1 Å². The molecule has 1 amide bonds. The van der Waals surface area contributed by atoms with Crippen LogP contribution in [0.25, 0.3) is 0 Å². The van der Waals surface area contributed by atoms with Crippen LogP contribution in [0.2, 0.25) is 5.15 Å². The average Bonchev–Trinajstić information content (AvgIpc) is 2.41. The number of aliphatic hydroxyl groups is 1. The summed E-state index contributed by atoms with van der Waals surface area (Å²) < 4.78 is 0. The van der Waals surface area contributed by atoms with Crippen LogP contribution in [0.1, 0.15) is 30.1 Å². The Morgan fingerprint density at radius 3 is 2.79 bits per heavy atom. The second-order valence-electron chi connectivity index (χ2n) is 4.18. The summed E-state index contributed by atoms with van der Waals surface area (Å²) in [6, 6.07) is 3.20. The van der Waals surface area contributed by atoms with Crippen molar-refractivity contribution < 1.29 is 9.90 Å². The molecule has 0 spiro atoms. The van der Waals surface area contributed by atoms with Crippen molar-refractivity contribution in [3.8, 4) is 0 Å². The molecule has 0 aromatic carbocycles. The number of anilines is 1. The van der Waals surface area contributed by atoms with Crippen LogP contribution in [0.5, 0.6) is 0 Å². The molecule has 0 radical (unpaired) electrons. The number of halogens is 1. The van der Waals surface area contributed by atoms with E-state index in [4.69, 9.17) is 16.7 Å². The standard InChI is InChI=1S/C13H20ClN3O2/c1-3-4-5-17(6-7-18)13(19)10-8-11(14)16-12(9-10)15-2/h8-9,18H,3-7H2,1-2H3,(H,15,16). The van der Waals surface area contributed by atoms with Crippen LogP contribution in [-0.2, 0) is 0 Å². The summed E-state index contributed by atoms with van der Waals surface area (Å²) in [6.07, 6.45) is 1.90. The van der Waals surface area contributed by atoms with Gasteiger partial charge in [0.05, 0.1) is 6.61 Å². The molecule has 106 valence electrons. The Labute approximate surface area is 118 Å². The largest absolute Gasteiger partial charge is 0.395 e. The van der Waals surface area contributed by atoms with E-state index in [0.717, 1.165) is 12.8 Å². The van der Waals surface area contributed by atoms with Crippen LogP contribution < -0.4 is 5.32 Å². The predicted molar refractivity (Wildman–Crippen MR) is 76.7 cm³/mol. The third-order valence-corrected chi connectivity index (χ3v) is 2.93. The maximum Gasteiger partial charge on any atom is 0.254 e. The fourth-order valence-corrected chi connectivity index (χ4v) is 1.92. The van der Waals surface area contributed by atoms with E-state index in [0.29, 0.717) is 24.5 Å². The number of hydrogen-bond acceptors (Lipinski definition) is 4. The second-order valence-corrected chi connectivity index (χ2v) is 4.57. The SMILES string of the molecule is CCCCN(CCO)C(=O)c1cc(Cl)nc(NC)c1. The van der Waals surface area contributed by atoms with Crippen molar-refractivity contribution in [2.75, 3.05) is 32.1 Å². The highest BCUT2D eigenvalue weighted by Crippen LogP contribution is 2.16. The number of aliphatic hydroxyl groups excluding tert-OH is 1. The van der Waals surface area contributed by atoms with Gasteiger partial charge in [-0.15, -0.1) is 0 Å². The lowest BCUT2D eigenvalue weighted by atomic mass is 10.2. The van der Waals surface area contributed by atoms with Crippen LogP contribution in [0.3, 0.4) is 0 Å². The van der Waals surface area contributed by atoms with Crippen LogP contribution >= 0.6 is 11.6 Å². The Bertz CT molecular complexity index is 426. The fourth-order valence-electron chi connectivity index (χ4n) is 1.72. The van der Waals surface area contributed by atoms with Gasteiger partial charge >= 0.3 is 0 Å². The maximum atomic E-state index is 12.4. The zero-order chi connectivity index (χ0) is 14.3. The van der Waals surface area contributed by atoms with Gasteiger partial charge in [-0.1, -0.05) is 24.9 Å². The van der Waals surface area contributed by atoms with Gasteiger partial charge in [-0.05, 0) is 18.6 Å². The summed E-state index contributed by atoms with van der Waals surface area (Å²) in [5.41, 5.74) is 0.480. The maximum absolute atomic E-state index is 12.4. The van der Waals surface area contributed by atoms with Gasteiger partial charge in [0.2, 0.25) is 0 Å². The van der Waals surface area contributed by atoms with E-state index in [-0.39, 0.29) is 17.7 Å². The van der Waals surface area contributed by atoms with Crippen molar-refractivity contribution in [1.29, 1.82) is 0 Å². The quantitative estimate of drug-likeness (QED) is 0.752. The van der Waals surface area contributed by atoms with Crippen LogP contribution in [0, 0.1) is 0 Å². The summed E-state index contributed by atoms with van der Waals surface area (Å²) in [5.74, 6) is 0.415. The van der Waals surface area contributed by atoms with Crippen molar-refractivity contribution >= 4 is 23.3 Å². The molecule has 5 nitrogen and oxygen atoms in total. The Kier molecular flexibility index (Phi) is 6.59. The first-order valence-electron chi connectivity index (χ1n) is 6.37. The van der Waals surface area contributed by atoms with Gasteiger partial charge < -0.3 is 15.3 Å². The molecule has 1 aromatic heterocycles. The number of nitrogens with zero attached hydrogens (tertiary/aromatic N) is 2. The first-order valence-corrected chi connectivity index (χ1v) is 6.75. The molecule has 19 heavy (non-hydrogen) atoms. The van der Waals surface area contributed by atoms with E-state index in [2.05, 4.69) is 17.2 Å². The number of amides is 1. The molecule has 0 aliphatic rings. The van der Waals surface area contributed by atoms with Crippen molar-refractivity contribution in [1.82, 2.24) is 9.88 Å². The molecule has 1 aromatic rings. The number of aromatic nitrogens is 1. The Hall–Kier alpha value is -1.33. The van der Waals surface area contributed by atoms with Gasteiger partial charge in [-0.3, -0.25) is 4.79 Å². The summed E-state index contributed by atoms with van der Waals surface area (Å²) in [7, 11) is 1.72. The lowest BCUT2D eigenvalue weighted by Gasteiger charge is -2.21. The number of rotatable bonds is 7. The van der Waals surface area contributed by atoms with Crippen LogP contribution in [-0.4, -0.2) is 47.6 Å². The second kappa shape index (κ2) is 7.96. The van der Waals surface area contributed by atoms with E-state index in [1.165, 1.54) is 0 Å². The number of carbonyl (C=O) groups is 1. The van der Waals surface area contributed by atoms with Gasteiger partial charge in [0.15, 0.2) is 0 Å². The zero-order valence-corrected chi connectivity index (χ0v) is 12.1. The summed E-state index contributed by atoms with van der Waals surface area (Å²) in [5, 5.41) is 12.2. The Morgan fingerprint density at radius 1 is 1.47 bits per heavy atom. The summed E-state index contributed by atoms with van der Waals surface area (Å²) >= 11 is 5.89. The molecule has 2 N–H and O–H groups in total. The zero-order valence-electron chi connectivity index (χ0n) is 11.3. The Balaban J connectivity index is 2.91. The molecule has 0 fully saturated rings. The molecule has 0 aliphatic heterocycles. The van der Waals surface area contributed by atoms with Gasteiger partial charge in [0.25, 0.3) is 5.91 Å². The van der Waals surface area contributed by atoms with Crippen molar-refractivity contribution in [2.45, 2.75) is 19.8 Å². The molecule has 0 aliphatic carbocycles. The number of pyridine rings is 1. The number of hydrogen-bond donors (Lipinski definition) is 2. The van der Waals surface area contributed by atoms with Crippen LogP contribution in [0.15, 0.2) is 12.1 Å². The van der Waals surface area contributed by atoms with E-state index < -0.39 is 0 Å². The summed E-state index contributed by atoms with van der Waals surface area (Å²) in [6.45, 7) is 2.97. The number of unbranched alkanes of at least 4 members (excludes halogenated alkanes) is 1. The predicted octanol–water partition coefficient (Wildman–Crippen LogP) is 2.01. The molecule has 1 heterocycles. The van der Waals surface area contributed by atoms with Gasteiger partial charge in [0, 0.05) is 25.7 Å². The minimum absolute atomic E-state index is 0.0485. The minimum Gasteiger partial charge on any atom is -0.395 e. The van der Waals surface area contributed by atoms with Gasteiger partial charge in [-0.25, -0.2) is 4.98 Å². The monoisotopic (exact) mass is 285 g/mol. The molecular formula is C13H20ClN3O2. The average molecular weight is 286 g/mol. The lowest BCUT2D eigenvalue weighted by molar-refractivity contribution is 0.0719. The van der Waals surface area contributed by atoms with Crippen molar-refractivity contribution in [3.63, 3.8) is 0 Å². The molecular weight excluding hydrogens is 266 g/mol. The lowest BCUT2D eigenvalue weighted by Crippen LogP contribution is -2.34. The van der Waals surface area contributed by atoms with Gasteiger partial charge in [0.1, 0.15) is 11.0 Å². The van der Waals surface area contributed by atoms with Crippen molar-refractivity contribution in [3.05, 3.63) is 22.8 Å². The van der Waals surface area contributed by atoms with E-state index in [1.807, 2.05) is 0 Å². The van der Waals surface area contributed by atoms with Crippen molar-refractivity contribution in [2.24, 2.45) is 0 Å². The highest BCUT2D eigenvalue weighted by atomic mass is 35.5. The molecule has 1 rings (SSSR count). The molecule has 0 atom stereocenters. The normalized spacial score (nSPS) is 10.3. The van der Waals surface area contributed by atoms with Gasteiger partial charge in [-0.2, -0.15) is 0 Å². The van der Waals surface area contributed by atoms with E-state index in [9.17, 15) is 4.79 Å². The third-order valence-electron chi connectivity index (χ3n) is 2.74. The number of carbonyl (C=O) groups excluding carboxylic acids is 1. The summed E-state index contributed by atoms with van der Waals surface area (Å²) in [4.78, 5) is 18.0. The first-order chi connectivity index (χ1) is 9.12. The topological polar surface area (TPSA) is 65.5 Å².